The molecule has 0 N–H and O–H groups in total. The van der Waals surface area contributed by atoms with Gasteiger partial charge in [0, 0.05) is 25.0 Å². The second-order valence-corrected chi connectivity index (χ2v) is 8.09. The van der Waals surface area contributed by atoms with Crippen molar-refractivity contribution in [3.8, 4) is 0 Å². The Labute approximate surface area is 164 Å². The van der Waals surface area contributed by atoms with Crippen LogP contribution in [0, 0.1) is 0 Å². The van der Waals surface area contributed by atoms with Gasteiger partial charge in [-0.15, -0.1) is 0 Å². The normalized spacial score (nSPS) is 11.2. The molecule has 1 aromatic heterocycles. The quantitative estimate of drug-likeness (QED) is 0.186. The van der Waals surface area contributed by atoms with Gasteiger partial charge in [-0.3, -0.25) is 0 Å². The predicted molar refractivity (Wildman–Crippen MR) is 116 cm³/mol. The van der Waals surface area contributed by atoms with Gasteiger partial charge < -0.3 is 0 Å². The molecule has 0 bridgehead atoms. The van der Waals surface area contributed by atoms with E-state index in [2.05, 4.69) is 42.8 Å². The van der Waals surface area contributed by atoms with E-state index in [0.29, 0.717) is 0 Å². The Hall–Kier alpha value is -0.850. The number of hydrogen-bond donors (Lipinski definition) is 0. The predicted octanol–water partition coefficient (Wildman–Crippen LogP) is 7.80. The first-order valence-electron chi connectivity index (χ1n) is 11.9. The van der Waals surface area contributed by atoms with E-state index in [-0.39, 0.29) is 0 Å². The van der Waals surface area contributed by atoms with Crippen LogP contribution in [-0.2, 0) is 13.0 Å². The molecule has 0 spiro atoms. The van der Waals surface area contributed by atoms with Crippen LogP contribution in [0.1, 0.15) is 122 Å². The fourth-order valence-corrected chi connectivity index (χ4v) is 3.81. The molecule has 0 unspecified atom stereocenters. The lowest BCUT2D eigenvalue weighted by Gasteiger charge is -2.05. The molecule has 0 saturated carbocycles. The zero-order valence-electron chi connectivity index (χ0n) is 18.0. The maximum atomic E-state index is 2.51. The van der Waals surface area contributed by atoms with Crippen LogP contribution in [0.15, 0.2) is 24.4 Å². The first-order chi connectivity index (χ1) is 12.9. The van der Waals surface area contributed by atoms with Gasteiger partial charge in [-0.1, -0.05) is 103 Å². The monoisotopic (exact) mass is 360 g/mol. The first-order valence-corrected chi connectivity index (χ1v) is 11.9. The molecule has 0 aliphatic carbocycles. The molecular formula is C25H46N+. The minimum absolute atomic E-state index is 1.21. The molecule has 0 aromatic carbocycles. The maximum absolute atomic E-state index is 2.51. The van der Waals surface area contributed by atoms with Crippen molar-refractivity contribution in [3.05, 3.63) is 30.1 Å². The summed E-state index contributed by atoms with van der Waals surface area (Å²) in [4.78, 5) is 0. The highest BCUT2D eigenvalue weighted by atomic mass is 14.9. The van der Waals surface area contributed by atoms with Gasteiger partial charge in [-0.25, -0.2) is 4.57 Å². The molecule has 1 aromatic rings. The van der Waals surface area contributed by atoms with Crippen LogP contribution in [0.25, 0.3) is 0 Å². The average Bonchev–Trinajstić information content (AvgIpc) is 2.67. The Morgan fingerprint density at radius 2 is 1.08 bits per heavy atom. The Morgan fingerprint density at radius 1 is 0.577 bits per heavy atom. The van der Waals surface area contributed by atoms with Gasteiger partial charge in [-0.2, -0.15) is 0 Å². The molecule has 0 radical (unpaired) electrons. The maximum Gasteiger partial charge on any atom is 0.181 e. The molecule has 0 saturated heterocycles. The third-order valence-electron chi connectivity index (χ3n) is 5.57. The van der Waals surface area contributed by atoms with Crippen LogP contribution in [0.2, 0.25) is 0 Å². The third kappa shape index (κ3) is 12.5. The van der Waals surface area contributed by atoms with E-state index < -0.39 is 0 Å². The van der Waals surface area contributed by atoms with Gasteiger partial charge in [0.1, 0.15) is 6.54 Å². The fraction of sp³-hybridized carbons (Fsp3) is 0.800. The van der Waals surface area contributed by atoms with Crippen molar-refractivity contribution in [1.82, 2.24) is 0 Å². The highest BCUT2D eigenvalue weighted by Gasteiger charge is 2.08. The lowest BCUT2D eigenvalue weighted by atomic mass is 10.1. The van der Waals surface area contributed by atoms with Crippen molar-refractivity contribution in [2.75, 3.05) is 0 Å². The summed E-state index contributed by atoms with van der Waals surface area (Å²) in [7, 11) is 0. The Bertz CT molecular complexity index is 373. The summed E-state index contributed by atoms with van der Waals surface area (Å²) in [5, 5.41) is 0. The second kappa shape index (κ2) is 17.6. The Balaban J connectivity index is 2.10. The summed E-state index contributed by atoms with van der Waals surface area (Å²) in [5.74, 6) is 0. The minimum Gasteiger partial charge on any atom is -0.202 e. The molecule has 0 aliphatic heterocycles. The van der Waals surface area contributed by atoms with Gasteiger partial charge in [0.25, 0.3) is 0 Å². The highest BCUT2D eigenvalue weighted by molar-refractivity contribution is 4.97. The number of unbranched alkanes of at least 4 members (excludes halogenated alkanes) is 14. The van der Waals surface area contributed by atoms with E-state index in [4.69, 9.17) is 0 Å². The van der Waals surface area contributed by atoms with Gasteiger partial charge in [0.05, 0.1) is 0 Å². The molecular weight excluding hydrogens is 314 g/mol. The molecule has 0 amide bonds. The van der Waals surface area contributed by atoms with Crippen molar-refractivity contribution >= 4 is 0 Å². The van der Waals surface area contributed by atoms with Gasteiger partial charge in [-0.05, 0) is 12.8 Å². The molecule has 1 nitrogen and oxygen atoms in total. The van der Waals surface area contributed by atoms with E-state index in [1.807, 2.05) is 0 Å². The SMILES string of the molecule is CCCCCCCCCCc1cccc[n+]1CCCCCCCCCC. The van der Waals surface area contributed by atoms with Crippen molar-refractivity contribution in [1.29, 1.82) is 0 Å². The van der Waals surface area contributed by atoms with E-state index in [0.717, 1.165) is 0 Å². The molecule has 1 heterocycles. The summed E-state index contributed by atoms with van der Waals surface area (Å²) in [6.07, 6.45) is 26.1. The molecule has 1 heteroatoms. The number of nitrogens with zero attached hydrogens (tertiary/aromatic N) is 1. The third-order valence-corrected chi connectivity index (χ3v) is 5.57. The van der Waals surface area contributed by atoms with Gasteiger partial charge in [0.15, 0.2) is 11.9 Å². The fourth-order valence-electron chi connectivity index (χ4n) is 3.81. The number of aromatic nitrogens is 1. The largest absolute Gasteiger partial charge is 0.202 e. The van der Waals surface area contributed by atoms with Crippen molar-refractivity contribution in [3.63, 3.8) is 0 Å². The van der Waals surface area contributed by atoms with Crippen LogP contribution in [0.5, 0.6) is 0 Å². The van der Waals surface area contributed by atoms with Gasteiger partial charge >= 0.3 is 0 Å². The van der Waals surface area contributed by atoms with Crippen molar-refractivity contribution < 1.29 is 4.57 Å². The lowest BCUT2D eigenvalue weighted by Crippen LogP contribution is -2.37. The number of aryl methyl sites for hydroxylation is 2. The molecule has 0 atom stereocenters. The smallest absolute Gasteiger partial charge is 0.181 e. The minimum atomic E-state index is 1.21. The summed E-state index contributed by atoms with van der Waals surface area (Å²) < 4.78 is 2.51. The van der Waals surface area contributed by atoms with Crippen LogP contribution < -0.4 is 4.57 Å². The topological polar surface area (TPSA) is 3.88 Å². The first kappa shape index (κ1) is 23.2. The van der Waals surface area contributed by atoms with Crippen molar-refractivity contribution in [2.45, 2.75) is 130 Å². The van der Waals surface area contributed by atoms with Crippen molar-refractivity contribution in [2.24, 2.45) is 0 Å². The zero-order chi connectivity index (χ0) is 18.7. The average molecular weight is 361 g/mol. The molecule has 0 aliphatic rings. The van der Waals surface area contributed by atoms with Crippen LogP contribution in [0.4, 0.5) is 0 Å². The zero-order valence-corrected chi connectivity index (χ0v) is 18.0. The van der Waals surface area contributed by atoms with E-state index in [1.54, 1.807) is 5.69 Å². The molecule has 1 rings (SSSR count). The lowest BCUT2D eigenvalue weighted by molar-refractivity contribution is -0.704. The highest BCUT2D eigenvalue weighted by Crippen LogP contribution is 2.11. The standard InChI is InChI=1S/C25H46N/c1-3-5-7-9-11-13-15-17-21-25-22-18-20-24-26(25)23-19-16-14-12-10-8-6-4-2/h18,20,22,24H,3-17,19,21,23H2,1-2H3/q+1. The Morgan fingerprint density at radius 3 is 1.65 bits per heavy atom. The molecule has 26 heavy (non-hydrogen) atoms. The van der Waals surface area contributed by atoms with E-state index in [9.17, 15) is 0 Å². The second-order valence-electron chi connectivity index (χ2n) is 8.09. The van der Waals surface area contributed by atoms with Crippen LogP contribution in [-0.4, -0.2) is 0 Å². The summed E-state index contributed by atoms with van der Waals surface area (Å²) in [6.45, 7) is 5.80. The number of pyridine rings is 1. The van der Waals surface area contributed by atoms with Crippen LogP contribution >= 0.6 is 0 Å². The van der Waals surface area contributed by atoms with E-state index >= 15 is 0 Å². The number of hydrogen-bond acceptors (Lipinski definition) is 0. The summed E-state index contributed by atoms with van der Waals surface area (Å²) in [5.41, 5.74) is 1.54. The van der Waals surface area contributed by atoms with Gasteiger partial charge in [0.2, 0.25) is 0 Å². The van der Waals surface area contributed by atoms with E-state index in [1.165, 1.54) is 116 Å². The summed E-state index contributed by atoms with van der Waals surface area (Å²) >= 11 is 0. The van der Waals surface area contributed by atoms with Crippen LogP contribution in [0.3, 0.4) is 0 Å². The molecule has 0 fully saturated rings. The molecule has 150 valence electrons. The summed E-state index contributed by atoms with van der Waals surface area (Å²) in [6, 6.07) is 6.75. The Kier molecular flexibility index (Phi) is 15.7. The number of rotatable bonds is 18.